The summed E-state index contributed by atoms with van der Waals surface area (Å²) in [4.78, 5) is 43.8. The summed E-state index contributed by atoms with van der Waals surface area (Å²) < 4.78 is 32.2. The third kappa shape index (κ3) is 4.28. The van der Waals surface area contributed by atoms with Crippen molar-refractivity contribution >= 4 is 23.0 Å². The molecule has 0 saturated carbocycles. The van der Waals surface area contributed by atoms with Gasteiger partial charge in [-0.15, -0.1) is 0 Å². The van der Waals surface area contributed by atoms with Crippen LogP contribution in [0.2, 0.25) is 0 Å². The SMILES string of the molecule is CC[C@@]1(O)C(=O)OCc2c1cc1n(c2=O)Cc2c-1nc1cc(F)c(OC)cc1c2[C@H](C)NC(=O)OCc1ccccc1. The predicted octanol–water partition coefficient (Wildman–Crippen LogP) is 4.21. The number of alkyl carbamates (subject to hydrolysis) is 1. The van der Waals surface area contributed by atoms with E-state index in [0.717, 1.165) is 5.56 Å². The van der Waals surface area contributed by atoms with E-state index in [1.807, 2.05) is 30.3 Å². The molecule has 2 aliphatic rings. The fourth-order valence-corrected chi connectivity index (χ4v) is 5.78. The van der Waals surface area contributed by atoms with Crippen molar-refractivity contribution in [3.63, 3.8) is 0 Å². The first-order valence-corrected chi connectivity index (χ1v) is 13.5. The van der Waals surface area contributed by atoms with Crippen LogP contribution in [-0.2, 0) is 39.6 Å². The number of carbonyl (C=O) groups excluding carboxylic acids is 2. The van der Waals surface area contributed by atoms with Crippen LogP contribution in [0.1, 0.15) is 54.1 Å². The van der Waals surface area contributed by atoms with E-state index in [1.54, 1.807) is 19.9 Å². The Morgan fingerprint density at radius 2 is 1.98 bits per heavy atom. The number of nitrogens with one attached hydrogen (secondary N) is 1. The summed E-state index contributed by atoms with van der Waals surface area (Å²) in [5.41, 5.74) is 1.02. The van der Waals surface area contributed by atoms with Crippen molar-refractivity contribution in [3.8, 4) is 17.1 Å². The van der Waals surface area contributed by atoms with Crippen LogP contribution in [0.4, 0.5) is 9.18 Å². The van der Waals surface area contributed by atoms with Crippen LogP contribution in [0.3, 0.4) is 0 Å². The molecule has 2 aliphatic heterocycles. The summed E-state index contributed by atoms with van der Waals surface area (Å²) in [7, 11) is 1.35. The van der Waals surface area contributed by atoms with Crippen LogP contribution in [0, 0.1) is 5.82 Å². The lowest BCUT2D eigenvalue weighted by atomic mass is 9.86. The summed E-state index contributed by atoms with van der Waals surface area (Å²) in [6.45, 7) is 3.29. The number of nitrogens with zero attached hydrogens (tertiary/aromatic N) is 2. The summed E-state index contributed by atoms with van der Waals surface area (Å²) in [6, 6.07) is 12.9. The molecule has 216 valence electrons. The van der Waals surface area contributed by atoms with Gasteiger partial charge in [-0.3, -0.25) is 4.79 Å². The van der Waals surface area contributed by atoms with Gasteiger partial charge in [-0.1, -0.05) is 37.3 Å². The van der Waals surface area contributed by atoms with E-state index in [4.69, 9.17) is 19.2 Å². The van der Waals surface area contributed by atoms with Crippen LogP contribution >= 0.6 is 0 Å². The van der Waals surface area contributed by atoms with Crippen LogP contribution in [-0.4, -0.2) is 33.8 Å². The van der Waals surface area contributed by atoms with E-state index in [0.29, 0.717) is 27.9 Å². The summed E-state index contributed by atoms with van der Waals surface area (Å²) >= 11 is 0. The molecule has 2 N–H and O–H groups in total. The number of rotatable bonds is 6. The molecule has 1 amide bonds. The van der Waals surface area contributed by atoms with Crippen LogP contribution in [0.5, 0.6) is 5.75 Å². The highest BCUT2D eigenvalue weighted by Gasteiger charge is 2.45. The minimum absolute atomic E-state index is 0.00202. The minimum Gasteiger partial charge on any atom is -0.494 e. The molecule has 11 heteroatoms. The zero-order valence-corrected chi connectivity index (χ0v) is 23.2. The maximum atomic E-state index is 14.9. The average Bonchev–Trinajstić information content (AvgIpc) is 3.35. The van der Waals surface area contributed by atoms with Crippen LogP contribution in [0.25, 0.3) is 22.3 Å². The standard InChI is InChI=1S/C31H28FN3O7/c1-4-31(39)21-11-24-27-19(13-35(24)28(36)20(21)15-41-29(31)37)26(18-10-25(40-3)22(32)12-23(18)34-27)16(2)33-30(38)42-14-17-8-6-5-7-9-17/h5-12,16,39H,4,13-15H2,1-3H3,(H,33,38)/t16-,31-/m0/s1. The maximum Gasteiger partial charge on any atom is 0.407 e. The van der Waals surface area contributed by atoms with Gasteiger partial charge in [0.25, 0.3) is 5.56 Å². The van der Waals surface area contributed by atoms with E-state index in [-0.39, 0.29) is 48.6 Å². The van der Waals surface area contributed by atoms with Crippen molar-refractivity contribution in [2.75, 3.05) is 7.11 Å². The maximum absolute atomic E-state index is 14.9. The van der Waals surface area contributed by atoms with Gasteiger partial charge in [0, 0.05) is 22.6 Å². The van der Waals surface area contributed by atoms with Gasteiger partial charge in [0.2, 0.25) is 0 Å². The van der Waals surface area contributed by atoms with Crippen molar-refractivity contribution in [2.45, 2.75) is 51.7 Å². The molecule has 10 nitrogen and oxygen atoms in total. The second-order valence-electron chi connectivity index (χ2n) is 10.4. The van der Waals surface area contributed by atoms with Gasteiger partial charge in [0.05, 0.1) is 42.2 Å². The normalized spacial score (nSPS) is 17.6. The fourth-order valence-electron chi connectivity index (χ4n) is 5.78. The first-order chi connectivity index (χ1) is 20.2. The second kappa shape index (κ2) is 10.3. The molecule has 4 heterocycles. The molecule has 2 atom stereocenters. The Balaban J connectivity index is 1.48. The Bertz CT molecular complexity index is 1820. The summed E-state index contributed by atoms with van der Waals surface area (Å²) in [5, 5.41) is 14.6. The number of esters is 1. The Labute approximate surface area is 239 Å². The number of hydrogen-bond donors (Lipinski definition) is 2. The van der Waals surface area contributed by atoms with Gasteiger partial charge in [0.1, 0.15) is 13.2 Å². The molecule has 0 aliphatic carbocycles. The van der Waals surface area contributed by atoms with Gasteiger partial charge in [-0.05, 0) is 36.6 Å². The highest BCUT2D eigenvalue weighted by molar-refractivity contribution is 5.91. The number of aromatic nitrogens is 2. The van der Waals surface area contributed by atoms with Crippen molar-refractivity contribution < 1.29 is 33.3 Å². The Morgan fingerprint density at radius 3 is 2.69 bits per heavy atom. The van der Waals surface area contributed by atoms with Crippen molar-refractivity contribution in [3.05, 3.63) is 92.5 Å². The third-order valence-corrected chi connectivity index (χ3v) is 7.99. The number of fused-ring (bicyclic) bond motifs is 5. The van der Waals surface area contributed by atoms with E-state index in [2.05, 4.69) is 5.32 Å². The predicted molar refractivity (Wildman–Crippen MR) is 149 cm³/mol. The Kier molecular flexibility index (Phi) is 6.69. The monoisotopic (exact) mass is 573 g/mol. The number of aliphatic hydroxyl groups is 1. The molecule has 0 fully saturated rings. The van der Waals surface area contributed by atoms with E-state index < -0.39 is 35.1 Å². The second-order valence-corrected chi connectivity index (χ2v) is 10.4. The number of amides is 1. The quantitative estimate of drug-likeness (QED) is 0.289. The van der Waals surface area contributed by atoms with Crippen molar-refractivity contribution in [1.82, 2.24) is 14.9 Å². The van der Waals surface area contributed by atoms with Gasteiger partial charge in [-0.25, -0.2) is 19.0 Å². The molecule has 2 aromatic carbocycles. The largest absolute Gasteiger partial charge is 0.494 e. The van der Waals surface area contributed by atoms with E-state index >= 15 is 0 Å². The number of carbonyl (C=O) groups is 2. The first-order valence-electron chi connectivity index (χ1n) is 13.5. The highest BCUT2D eigenvalue weighted by Crippen LogP contribution is 2.42. The highest BCUT2D eigenvalue weighted by atomic mass is 19.1. The summed E-state index contributed by atoms with van der Waals surface area (Å²) in [6.07, 6.45) is -0.659. The smallest absolute Gasteiger partial charge is 0.407 e. The van der Waals surface area contributed by atoms with Gasteiger partial charge in [-0.2, -0.15) is 0 Å². The molecule has 0 unspecified atom stereocenters. The number of ether oxygens (including phenoxy) is 3. The van der Waals surface area contributed by atoms with Gasteiger partial charge in [0.15, 0.2) is 17.2 Å². The molecular formula is C31H28FN3O7. The lowest BCUT2D eigenvalue weighted by Crippen LogP contribution is -2.44. The van der Waals surface area contributed by atoms with Crippen LogP contribution < -0.4 is 15.6 Å². The molecule has 6 rings (SSSR count). The number of benzene rings is 2. The Morgan fingerprint density at radius 1 is 1.21 bits per heavy atom. The molecular weight excluding hydrogens is 545 g/mol. The van der Waals surface area contributed by atoms with Crippen molar-refractivity contribution in [2.24, 2.45) is 0 Å². The van der Waals surface area contributed by atoms with Gasteiger partial charge >= 0.3 is 12.1 Å². The molecule has 2 aromatic heterocycles. The molecule has 42 heavy (non-hydrogen) atoms. The Hall–Kier alpha value is -4.77. The zero-order chi connectivity index (χ0) is 29.8. The number of methoxy groups -OCH3 is 1. The van der Waals surface area contributed by atoms with Gasteiger partial charge < -0.3 is 29.2 Å². The van der Waals surface area contributed by atoms with Crippen molar-refractivity contribution in [1.29, 1.82) is 0 Å². The number of hydrogen-bond acceptors (Lipinski definition) is 8. The molecule has 0 saturated heterocycles. The zero-order valence-electron chi connectivity index (χ0n) is 23.2. The molecule has 0 bridgehead atoms. The number of pyridine rings is 2. The average molecular weight is 574 g/mol. The first kappa shape index (κ1) is 27.4. The lowest BCUT2D eigenvalue weighted by Gasteiger charge is -2.31. The summed E-state index contributed by atoms with van der Waals surface area (Å²) in [5.74, 6) is -1.46. The molecule has 4 aromatic rings. The van der Waals surface area contributed by atoms with E-state index in [1.165, 1.54) is 23.8 Å². The molecule has 0 spiro atoms. The van der Waals surface area contributed by atoms with Crippen LogP contribution in [0.15, 0.2) is 53.3 Å². The topological polar surface area (TPSA) is 129 Å². The third-order valence-electron chi connectivity index (χ3n) is 7.99. The number of cyclic esters (lactones) is 1. The lowest BCUT2D eigenvalue weighted by molar-refractivity contribution is -0.172. The fraction of sp³-hybridized carbons (Fsp3) is 0.290. The number of halogens is 1. The minimum atomic E-state index is -1.98. The van der Waals surface area contributed by atoms with E-state index in [9.17, 15) is 23.9 Å². The molecule has 0 radical (unpaired) electrons.